The highest BCUT2D eigenvalue weighted by molar-refractivity contribution is 6.73. The summed E-state index contributed by atoms with van der Waals surface area (Å²) in [4.78, 5) is 11.4. The number of aliphatic hydroxyl groups is 1. The minimum atomic E-state index is -1.70. The predicted octanol–water partition coefficient (Wildman–Crippen LogP) is 4.22. The van der Waals surface area contributed by atoms with Crippen molar-refractivity contribution in [1.29, 1.82) is 0 Å². The van der Waals surface area contributed by atoms with E-state index in [0.717, 1.165) is 23.7 Å². The maximum absolute atomic E-state index is 11.4. The molecule has 0 aromatic heterocycles. The number of hydrogen-bond donors (Lipinski definition) is 1. The summed E-state index contributed by atoms with van der Waals surface area (Å²) in [5, 5.41) is 10.3. The number of hydrogen-bond acceptors (Lipinski definition) is 4. The van der Waals surface area contributed by atoms with Gasteiger partial charge in [0.05, 0.1) is 12.0 Å². The second-order valence-electron chi connectivity index (χ2n) is 7.57. The van der Waals surface area contributed by atoms with Crippen molar-refractivity contribution < 1.29 is 19.1 Å². The van der Waals surface area contributed by atoms with Crippen LogP contribution in [0, 0.1) is 17.8 Å². The molecule has 0 unspecified atom stereocenters. The van der Waals surface area contributed by atoms with Crippen LogP contribution in [-0.2, 0) is 14.0 Å². The van der Waals surface area contributed by atoms with E-state index in [2.05, 4.69) is 39.2 Å². The molecule has 0 radical (unpaired) electrons. The first-order chi connectivity index (χ1) is 12.1. The van der Waals surface area contributed by atoms with E-state index in [-0.39, 0.29) is 12.5 Å². The molecule has 1 N–H and O–H groups in total. The number of carbonyl (C=O) groups is 1. The summed E-state index contributed by atoms with van der Waals surface area (Å²) >= 11 is 0. The zero-order chi connectivity index (χ0) is 20.0. The van der Waals surface area contributed by atoms with Crippen LogP contribution in [0.3, 0.4) is 0 Å². The van der Waals surface area contributed by atoms with Crippen molar-refractivity contribution >= 4 is 14.3 Å². The third-order valence-electron chi connectivity index (χ3n) is 5.13. The summed E-state index contributed by atoms with van der Waals surface area (Å²) in [6.07, 6.45) is 1.51. The van der Waals surface area contributed by atoms with Crippen LogP contribution in [0.2, 0.25) is 18.1 Å². The first kappa shape index (κ1) is 22.7. The maximum Gasteiger partial charge on any atom is 0.333 e. The molecule has 1 rings (SSSR count). The molecule has 0 aromatic carbocycles. The molecular weight excluding hydrogens is 344 g/mol. The largest absolute Gasteiger partial charge is 0.462 e. The summed E-state index contributed by atoms with van der Waals surface area (Å²) in [5.41, 5.74) is 0.827. The highest BCUT2D eigenvalue weighted by atomic mass is 28.4. The van der Waals surface area contributed by atoms with Gasteiger partial charge in [-0.05, 0) is 38.9 Å². The van der Waals surface area contributed by atoms with Gasteiger partial charge >= 0.3 is 5.97 Å². The smallest absolute Gasteiger partial charge is 0.333 e. The van der Waals surface area contributed by atoms with E-state index in [1.54, 1.807) is 6.08 Å². The normalized spacial score (nSPS) is 19.8. The van der Waals surface area contributed by atoms with Gasteiger partial charge in [-0.25, -0.2) is 4.79 Å². The van der Waals surface area contributed by atoms with Gasteiger partial charge in [0.25, 0.3) is 0 Å². The Morgan fingerprint density at radius 2 is 2.00 bits per heavy atom. The molecule has 1 aliphatic heterocycles. The number of carbonyl (C=O) groups excluding carboxylic acids is 1. The second-order valence-corrected chi connectivity index (χ2v) is 12.3. The predicted molar refractivity (Wildman–Crippen MR) is 108 cm³/mol. The molecule has 1 fully saturated rings. The Hall–Kier alpha value is -1.35. The quantitative estimate of drug-likeness (QED) is 0.226. The van der Waals surface area contributed by atoms with Crippen molar-refractivity contribution in [2.45, 2.75) is 77.8 Å². The van der Waals surface area contributed by atoms with Crippen molar-refractivity contribution in [1.82, 2.24) is 0 Å². The minimum Gasteiger partial charge on any atom is -0.462 e. The highest BCUT2D eigenvalue weighted by Crippen LogP contribution is 2.27. The molecule has 0 bridgehead atoms. The lowest BCUT2D eigenvalue weighted by Gasteiger charge is -2.35. The van der Waals surface area contributed by atoms with Gasteiger partial charge in [-0.15, -0.1) is 0 Å². The summed E-state index contributed by atoms with van der Waals surface area (Å²) < 4.78 is 11.4. The van der Waals surface area contributed by atoms with Gasteiger partial charge in [0.15, 0.2) is 8.32 Å². The number of esters is 1. The van der Waals surface area contributed by atoms with Crippen LogP contribution in [0.25, 0.3) is 0 Å². The zero-order valence-electron chi connectivity index (χ0n) is 17.1. The van der Waals surface area contributed by atoms with Crippen LogP contribution in [0.15, 0.2) is 23.8 Å². The van der Waals surface area contributed by atoms with E-state index in [9.17, 15) is 9.90 Å². The van der Waals surface area contributed by atoms with Crippen molar-refractivity contribution in [3.05, 3.63) is 23.8 Å². The molecule has 1 saturated heterocycles. The highest BCUT2D eigenvalue weighted by Gasteiger charge is 2.35. The molecule has 146 valence electrons. The van der Waals surface area contributed by atoms with Crippen molar-refractivity contribution in [3.63, 3.8) is 0 Å². The lowest BCUT2D eigenvalue weighted by atomic mass is 9.95. The van der Waals surface area contributed by atoms with Crippen LogP contribution in [0.1, 0.15) is 48.0 Å². The second kappa shape index (κ2) is 9.54. The van der Waals surface area contributed by atoms with Crippen LogP contribution < -0.4 is 0 Å². The van der Waals surface area contributed by atoms with E-state index >= 15 is 0 Å². The molecule has 26 heavy (non-hydrogen) atoms. The number of ether oxygens (including phenoxy) is 1. The molecule has 0 amide bonds. The van der Waals surface area contributed by atoms with Gasteiger partial charge in [-0.2, -0.15) is 0 Å². The van der Waals surface area contributed by atoms with Crippen LogP contribution in [0.4, 0.5) is 0 Å². The Bertz CT molecular complexity index is 597. The monoisotopic (exact) mass is 378 g/mol. The van der Waals surface area contributed by atoms with Crippen molar-refractivity contribution in [2.24, 2.45) is 5.92 Å². The molecule has 0 saturated carbocycles. The summed E-state index contributed by atoms with van der Waals surface area (Å²) in [6, 6.07) is 3.30. The topological polar surface area (TPSA) is 55.8 Å². The lowest BCUT2D eigenvalue weighted by molar-refractivity contribution is -0.135. The molecule has 5 heteroatoms. The average Bonchev–Trinajstić information content (AvgIpc) is 2.92. The van der Waals surface area contributed by atoms with Gasteiger partial charge in [0.1, 0.15) is 12.2 Å². The van der Waals surface area contributed by atoms with E-state index in [1.807, 2.05) is 20.8 Å². The number of cyclic esters (lactones) is 1. The van der Waals surface area contributed by atoms with Gasteiger partial charge in [-0.1, -0.05) is 50.8 Å². The number of aliphatic hydroxyl groups excluding tert-OH is 1. The Balaban J connectivity index is 2.70. The van der Waals surface area contributed by atoms with Gasteiger partial charge in [-0.3, -0.25) is 0 Å². The zero-order valence-corrected chi connectivity index (χ0v) is 18.1. The Labute approximate surface area is 159 Å². The standard InChI is InChI=1S/C21H34O4Si/c1-8-26(9-2,10-3)25-21(6,7)13-11-12-16(4)14-19(22)18-15-24-20(23)17(18)5/h14,18-19,22H,5,8-10,12,15H2,1-4,6-7H3/b16-14+/t18-,19-/m0/s1. The first-order valence-electron chi connectivity index (χ1n) is 9.51. The molecule has 1 aliphatic rings. The summed E-state index contributed by atoms with van der Waals surface area (Å²) in [5.74, 6) is 5.65. The summed E-state index contributed by atoms with van der Waals surface area (Å²) in [6.45, 7) is 16.5. The molecule has 0 spiro atoms. The molecule has 1 heterocycles. The third-order valence-corrected chi connectivity index (χ3v) is 9.94. The lowest BCUT2D eigenvalue weighted by Crippen LogP contribution is -2.43. The molecule has 0 aliphatic carbocycles. The molecular formula is C21H34O4Si. The SMILES string of the molecule is C=C1C(=O)OC[C@@H]1[C@@H](O)/C=C(\C)CC#CC(C)(C)O[Si](CC)(CC)CC. The van der Waals surface area contributed by atoms with Gasteiger partial charge < -0.3 is 14.3 Å². The van der Waals surface area contributed by atoms with Crippen LogP contribution >= 0.6 is 0 Å². The van der Waals surface area contributed by atoms with Gasteiger partial charge in [0, 0.05) is 12.0 Å². The van der Waals surface area contributed by atoms with Crippen LogP contribution in [0.5, 0.6) is 0 Å². The molecule has 0 aromatic rings. The number of allylic oxidation sites excluding steroid dienone is 1. The fraction of sp³-hybridized carbons (Fsp3) is 0.667. The van der Waals surface area contributed by atoms with E-state index in [1.165, 1.54) is 0 Å². The Morgan fingerprint density at radius 1 is 1.42 bits per heavy atom. The fourth-order valence-corrected chi connectivity index (χ4v) is 6.28. The Morgan fingerprint density at radius 3 is 2.46 bits per heavy atom. The minimum absolute atomic E-state index is 0.187. The van der Waals surface area contributed by atoms with Crippen molar-refractivity contribution in [3.8, 4) is 11.8 Å². The van der Waals surface area contributed by atoms with E-state index in [4.69, 9.17) is 9.16 Å². The van der Waals surface area contributed by atoms with Crippen LogP contribution in [-0.4, -0.2) is 37.7 Å². The number of rotatable bonds is 8. The molecule has 2 atom stereocenters. The summed E-state index contributed by atoms with van der Waals surface area (Å²) in [7, 11) is -1.70. The van der Waals surface area contributed by atoms with E-state index < -0.39 is 26.0 Å². The Kier molecular flexibility index (Phi) is 8.33. The van der Waals surface area contributed by atoms with Gasteiger partial charge in [0.2, 0.25) is 0 Å². The fourth-order valence-electron chi connectivity index (χ4n) is 3.21. The third kappa shape index (κ3) is 6.12. The molecule has 4 nitrogen and oxygen atoms in total. The maximum atomic E-state index is 11.4. The first-order valence-corrected chi connectivity index (χ1v) is 12.0. The average molecular weight is 379 g/mol. The van der Waals surface area contributed by atoms with E-state index in [0.29, 0.717) is 12.0 Å². The van der Waals surface area contributed by atoms with Crippen molar-refractivity contribution in [2.75, 3.05) is 6.61 Å².